The Morgan fingerprint density at radius 3 is 1.15 bits per heavy atom. The Balaban J connectivity index is 4.55. The van der Waals surface area contributed by atoms with Gasteiger partial charge in [0.2, 0.25) is 0 Å². The predicted molar refractivity (Wildman–Crippen MR) is 279 cm³/mol. The van der Waals surface area contributed by atoms with Gasteiger partial charge in [-0.2, -0.15) is 0 Å². The minimum Gasteiger partial charge on any atom is -0.462 e. The van der Waals surface area contributed by atoms with E-state index in [0.29, 0.717) is 12.8 Å². The van der Waals surface area contributed by atoms with Crippen LogP contribution < -0.4 is 0 Å². The number of carbonyl (C=O) groups is 3. The van der Waals surface area contributed by atoms with Gasteiger partial charge in [-0.1, -0.05) is 219 Å². The molecule has 366 valence electrons. The summed E-state index contributed by atoms with van der Waals surface area (Å²) in [5.74, 6) is -1.00. The smallest absolute Gasteiger partial charge is 0.306 e. The van der Waals surface area contributed by atoms with Gasteiger partial charge < -0.3 is 14.2 Å². The van der Waals surface area contributed by atoms with Crippen LogP contribution in [0.1, 0.15) is 213 Å². The largest absolute Gasteiger partial charge is 0.462 e. The first kappa shape index (κ1) is 60.8. The highest BCUT2D eigenvalue weighted by Gasteiger charge is 2.19. The van der Waals surface area contributed by atoms with Gasteiger partial charge in [-0.05, 0) is 96.3 Å². The molecular formula is C59H94O6. The molecule has 0 saturated heterocycles. The van der Waals surface area contributed by atoms with Crippen molar-refractivity contribution in [2.24, 2.45) is 0 Å². The Labute approximate surface area is 399 Å². The number of unbranched alkanes of at least 4 members (excludes halogenated alkanes) is 19. The third-order valence-electron chi connectivity index (χ3n) is 10.6. The monoisotopic (exact) mass is 899 g/mol. The molecule has 0 aromatic heterocycles. The van der Waals surface area contributed by atoms with E-state index in [1.54, 1.807) is 0 Å². The number of hydrogen-bond donors (Lipinski definition) is 0. The Bertz CT molecular complexity index is 1400. The zero-order chi connectivity index (χ0) is 47.2. The lowest BCUT2D eigenvalue weighted by molar-refractivity contribution is -0.167. The lowest BCUT2D eigenvalue weighted by Gasteiger charge is -2.18. The molecule has 6 nitrogen and oxygen atoms in total. The van der Waals surface area contributed by atoms with E-state index in [1.165, 1.54) is 57.8 Å². The predicted octanol–water partition coefficient (Wildman–Crippen LogP) is 17.3. The summed E-state index contributed by atoms with van der Waals surface area (Å²) >= 11 is 0. The van der Waals surface area contributed by atoms with E-state index in [4.69, 9.17) is 14.2 Å². The first-order valence-electron chi connectivity index (χ1n) is 26.1. The van der Waals surface area contributed by atoms with Crippen molar-refractivity contribution in [3.63, 3.8) is 0 Å². The maximum Gasteiger partial charge on any atom is 0.306 e. The number of allylic oxidation sites excluding steroid dienone is 20. The molecule has 0 aliphatic heterocycles. The Hall–Kier alpha value is -4.19. The Morgan fingerprint density at radius 2 is 0.677 bits per heavy atom. The van der Waals surface area contributed by atoms with Crippen LogP contribution >= 0.6 is 0 Å². The average Bonchev–Trinajstić information content (AvgIpc) is 3.30. The fraction of sp³-hybridized carbons (Fsp3) is 0.610. The maximum atomic E-state index is 12.8. The summed E-state index contributed by atoms with van der Waals surface area (Å²) in [5, 5.41) is 0. The summed E-state index contributed by atoms with van der Waals surface area (Å²) in [5.41, 5.74) is 0. The van der Waals surface area contributed by atoms with E-state index >= 15 is 0 Å². The van der Waals surface area contributed by atoms with Gasteiger partial charge in [0.15, 0.2) is 6.10 Å². The highest BCUT2D eigenvalue weighted by atomic mass is 16.6. The molecule has 0 N–H and O–H groups in total. The molecule has 0 spiro atoms. The van der Waals surface area contributed by atoms with E-state index in [1.807, 2.05) is 48.6 Å². The van der Waals surface area contributed by atoms with Gasteiger partial charge in [0.1, 0.15) is 13.2 Å². The topological polar surface area (TPSA) is 78.9 Å². The van der Waals surface area contributed by atoms with Gasteiger partial charge in [0.05, 0.1) is 0 Å². The molecule has 1 unspecified atom stereocenters. The normalized spacial score (nSPS) is 13.1. The quantitative estimate of drug-likeness (QED) is 0.0199. The second kappa shape index (κ2) is 52.4. The maximum absolute atomic E-state index is 12.8. The number of esters is 3. The summed E-state index contributed by atoms with van der Waals surface area (Å²) in [6.07, 6.45) is 71.8. The molecular weight excluding hydrogens is 805 g/mol. The minimum atomic E-state index is -0.818. The van der Waals surface area contributed by atoms with Crippen molar-refractivity contribution in [1.82, 2.24) is 0 Å². The van der Waals surface area contributed by atoms with Crippen LogP contribution in [0.5, 0.6) is 0 Å². The van der Waals surface area contributed by atoms with Gasteiger partial charge in [-0.15, -0.1) is 0 Å². The fourth-order valence-corrected chi connectivity index (χ4v) is 6.70. The summed E-state index contributed by atoms with van der Waals surface area (Å²) < 4.78 is 16.7. The lowest BCUT2D eigenvalue weighted by atomic mass is 10.1. The molecule has 0 heterocycles. The van der Waals surface area contributed by atoms with E-state index in [0.717, 1.165) is 116 Å². The van der Waals surface area contributed by atoms with Crippen molar-refractivity contribution in [3.8, 4) is 0 Å². The number of hydrogen-bond acceptors (Lipinski definition) is 6. The SMILES string of the molecule is CC\C=C/C=C\C=C/C=C\C=C/CCCCCC(=O)OCC(COC(=O)CCCCCCCC/C=C\C/C=C\C/C=C\CC)OC(=O)CCCCC/C=C\C=C/CCCCCCCCC. The van der Waals surface area contributed by atoms with Crippen LogP contribution in [0.2, 0.25) is 0 Å². The minimum absolute atomic E-state index is 0.113. The van der Waals surface area contributed by atoms with Crippen LogP contribution in [0.3, 0.4) is 0 Å². The van der Waals surface area contributed by atoms with E-state index in [9.17, 15) is 14.4 Å². The van der Waals surface area contributed by atoms with Gasteiger partial charge in [0, 0.05) is 19.3 Å². The van der Waals surface area contributed by atoms with Crippen LogP contribution in [-0.4, -0.2) is 37.2 Å². The Morgan fingerprint density at radius 1 is 0.338 bits per heavy atom. The van der Waals surface area contributed by atoms with Crippen LogP contribution in [0.4, 0.5) is 0 Å². The van der Waals surface area contributed by atoms with Crippen molar-refractivity contribution >= 4 is 17.9 Å². The molecule has 0 fully saturated rings. The number of carbonyl (C=O) groups excluding carboxylic acids is 3. The number of rotatable bonds is 45. The summed E-state index contributed by atoms with van der Waals surface area (Å²) in [7, 11) is 0. The summed E-state index contributed by atoms with van der Waals surface area (Å²) in [6.45, 7) is 6.29. The van der Waals surface area contributed by atoms with Gasteiger partial charge in [0.25, 0.3) is 0 Å². The van der Waals surface area contributed by atoms with E-state index < -0.39 is 6.10 Å². The van der Waals surface area contributed by atoms with Crippen molar-refractivity contribution < 1.29 is 28.6 Å². The zero-order valence-corrected chi connectivity index (χ0v) is 41.7. The van der Waals surface area contributed by atoms with Gasteiger partial charge in [-0.3, -0.25) is 14.4 Å². The van der Waals surface area contributed by atoms with Crippen molar-refractivity contribution in [2.45, 2.75) is 219 Å². The first-order chi connectivity index (χ1) is 32.0. The third-order valence-corrected chi connectivity index (χ3v) is 10.6. The standard InChI is InChI=1S/C59H94O6/c1-4-7-10-13-16-19-22-25-28-31-34-37-40-43-46-49-52-58(61)64-55-56(54-63-57(60)51-48-45-42-39-36-33-30-27-24-21-18-15-12-9-6-3)65-59(62)53-50-47-44-41-38-35-32-29-26-23-20-17-14-11-8-5-2/h7,9-10,12,15-16,18-19,21,24-25,27-30,32-33,35-36,38,56H,4-6,8,11,13-14,17,20,22-23,26,31,34,37,39-55H2,1-3H3/b10-7-,12-9-,18-15-,19-16-,24-21-,28-25-,30-27-,32-29-,36-33-,38-35-. The van der Waals surface area contributed by atoms with E-state index in [-0.39, 0.29) is 37.5 Å². The van der Waals surface area contributed by atoms with Gasteiger partial charge >= 0.3 is 17.9 Å². The van der Waals surface area contributed by atoms with Crippen molar-refractivity contribution in [2.75, 3.05) is 13.2 Å². The van der Waals surface area contributed by atoms with E-state index in [2.05, 4.69) is 93.7 Å². The highest BCUT2D eigenvalue weighted by molar-refractivity contribution is 5.71. The zero-order valence-electron chi connectivity index (χ0n) is 41.7. The second-order valence-corrected chi connectivity index (χ2v) is 16.8. The van der Waals surface area contributed by atoms with Crippen LogP contribution in [-0.2, 0) is 28.6 Å². The van der Waals surface area contributed by atoms with Crippen molar-refractivity contribution in [1.29, 1.82) is 0 Å². The Kier molecular flexibility index (Phi) is 49.1. The first-order valence-corrected chi connectivity index (χ1v) is 26.1. The molecule has 65 heavy (non-hydrogen) atoms. The molecule has 0 aromatic carbocycles. The molecule has 1 atom stereocenters. The second-order valence-electron chi connectivity index (χ2n) is 16.8. The van der Waals surface area contributed by atoms with Crippen LogP contribution in [0.25, 0.3) is 0 Å². The molecule has 0 radical (unpaired) electrons. The lowest BCUT2D eigenvalue weighted by Crippen LogP contribution is -2.30. The molecule has 0 saturated carbocycles. The van der Waals surface area contributed by atoms with Gasteiger partial charge in [-0.25, -0.2) is 0 Å². The molecule has 0 rings (SSSR count). The molecule has 0 amide bonds. The molecule has 0 bridgehead atoms. The molecule has 6 heteroatoms. The third kappa shape index (κ3) is 50.7. The molecule has 0 aromatic rings. The summed E-state index contributed by atoms with van der Waals surface area (Å²) in [6, 6.07) is 0. The van der Waals surface area contributed by atoms with Crippen LogP contribution in [0.15, 0.2) is 122 Å². The van der Waals surface area contributed by atoms with Crippen molar-refractivity contribution in [3.05, 3.63) is 122 Å². The summed E-state index contributed by atoms with van der Waals surface area (Å²) in [4.78, 5) is 38.0. The average molecular weight is 899 g/mol. The molecule has 0 aliphatic carbocycles. The van der Waals surface area contributed by atoms with Crippen LogP contribution in [0, 0.1) is 0 Å². The highest BCUT2D eigenvalue weighted by Crippen LogP contribution is 2.13. The number of ether oxygens (including phenoxy) is 3. The fourth-order valence-electron chi connectivity index (χ4n) is 6.70. The molecule has 0 aliphatic rings.